The number of fused-ring (bicyclic) bond motifs is 10. The summed E-state index contributed by atoms with van der Waals surface area (Å²) in [6, 6.07) is 90.2. The summed E-state index contributed by atoms with van der Waals surface area (Å²) >= 11 is 3.83. The maximum atomic E-state index is 6.33. The molecule has 1 heterocycles. The van der Waals surface area contributed by atoms with Gasteiger partial charge in [-0.15, -0.1) is 0 Å². The Morgan fingerprint density at radius 2 is 0.544 bits per heavy atom. The molecule has 0 radical (unpaired) electrons. The van der Waals surface area contributed by atoms with Crippen molar-refractivity contribution in [2.75, 3.05) is 0 Å². The molecule has 2 nitrogen and oxygen atoms in total. The van der Waals surface area contributed by atoms with E-state index in [1.807, 2.05) is 0 Å². The van der Waals surface area contributed by atoms with E-state index >= 15 is 0 Å². The van der Waals surface area contributed by atoms with Crippen LogP contribution >= 0.6 is 15.9 Å². The zero-order chi connectivity index (χ0) is 60.4. The Morgan fingerprint density at radius 3 is 0.922 bits per heavy atom. The predicted octanol–water partition coefficient (Wildman–Crippen LogP) is 21.8. The standard InChI is InChI=1S/C40H28.C24H25BO2.C22H15Br/c1-2-8-33-32(7-1)31(29-19-15-25-13-17-27(25)23-29)21-22-38(33)40-36-11-5-3-9-34(36)39(35-10-4-6-12-37(35)40)30-20-16-26-14-18-28(26)24-30;1-23(2)24(3,4)27-25(26-23)22-14-13-19(20-7-5-6-8-21(20)22)18-12-10-16-9-11-17(16)15-18;23-22-19-7-3-1-5-17(19)21(18-6-2-4-8-20(18)22)16-12-10-14-9-11-15(14)13-16/h1-12,15-16,19-24H,13-14,17-18H2;5-8,10,12-15H,9,11H2,1-4H3;1-8,10,12-13H,9,11H2. The Morgan fingerprint density at radius 1 is 0.267 bits per heavy atom. The minimum absolute atomic E-state index is 0.334. The lowest BCUT2D eigenvalue weighted by Gasteiger charge is -2.32. The summed E-state index contributed by atoms with van der Waals surface area (Å²) in [5.74, 6) is 0. The van der Waals surface area contributed by atoms with Gasteiger partial charge in [0.25, 0.3) is 0 Å². The largest absolute Gasteiger partial charge is 0.495 e. The van der Waals surface area contributed by atoms with E-state index < -0.39 is 0 Å². The van der Waals surface area contributed by atoms with Gasteiger partial charge in [0.1, 0.15) is 0 Å². The fourth-order valence-electron chi connectivity index (χ4n) is 15.1. The van der Waals surface area contributed by atoms with Crippen LogP contribution in [0.3, 0.4) is 0 Å². The van der Waals surface area contributed by atoms with Crippen LogP contribution in [0.4, 0.5) is 0 Å². The number of benzene rings is 14. The van der Waals surface area contributed by atoms with Gasteiger partial charge in [0, 0.05) is 4.47 Å². The SMILES string of the molecule is Brc1c2ccccc2c(-c2ccc3c(c2)CC3)c2ccccc12.CC1(C)OB(c2ccc(-c3ccc4c(c3)CC4)c3ccccc23)OC1(C)C.c1ccc2c(-c3c4ccccc4c(-c4ccc5c(c4)CC5)c4ccccc34)ccc(-c3ccc4c(c3)CC4)c2c1. The highest BCUT2D eigenvalue weighted by Gasteiger charge is 2.52. The number of aryl methyl sites for hydroxylation is 8. The van der Waals surface area contributed by atoms with E-state index in [0.717, 1.165) is 5.46 Å². The molecule has 4 aliphatic carbocycles. The van der Waals surface area contributed by atoms with Crippen LogP contribution in [0.5, 0.6) is 0 Å². The van der Waals surface area contributed by atoms with Gasteiger partial charge in [-0.2, -0.15) is 0 Å². The van der Waals surface area contributed by atoms with Gasteiger partial charge in [-0.25, -0.2) is 0 Å². The zero-order valence-electron chi connectivity index (χ0n) is 51.5. The molecule has 1 aliphatic heterocycles. The van der Waals surface area contributed by atoms with Crippen molar-refractivity contribution in [3.8, 4) is 55.6 Å². The predicted molar refractivity (Wildman–Crippen MR) is 385 cm³/mol. The molecule has 5 aliphatic rings. The smallest absolute Gasteiger partial charge is 0.399 e. The quantitative estimate of drug-likeness (QED) is 0.122. The molecule has 0 spiro atoms. The van der Waals surface area contributed by atoms with Crippen molar-refractivity contribution in [1.29, 1.82) is 0 Å². The summed E-state index contributed by atoms with van der Waals surface area (Å²) in [4.78, 5) is 0. The number of hydrogen-bond acceptors (Lipinski definition) is 2. The average Bonchev–Trinajstić information content (AvgIpc) is 0.849. The van der Waals surface area contributed by atoms with Crippen LogP contribution in [0.15, 0.2) is 247 Å². The Labute approximate surface area is 536 Å². The van der Waals surface area contributed by atoms with Crippen molar-refractivity contribution < 1.29 is 9.31 Å². The lowest BCUT2D eigenvalue weighted by molar-refractivity contribution is 0.00578. The summed E-state index contributed by atoms with van der Waals surface area (Å²) in [6.45, 7) is 8.41. The van der Waals surface area contributed by atoms with E-state index in [-0.39, 0.29) is 18.3 Å². The highest BCUT2D eigenvalue weighted by Crippen LogP contribution is 2.49. The molecule has 0 saturated carbocycles. The summed E-state index contributed by atoms with van der Waals surface area (Å²) < 4.78 is 13.8. The highest BCUT2D eigenvalue weighted by atomic mass is 79.9. The molecule has 14 aromatic rings. The third-order valence-electron chi connectivity index (χ3n) is 21.1. The molecular formula is C86H68BBrO2. The van der Waals surface area contributed by atoms with Crippen LogP contribution in [0.1, 0.15) is 72.2 Å². The third kappa shape index (κ3) is 9.11. The lowest BCUT2D eigenvalue weighted by atomic mass is 9.74. The molecule has 4 heteroatoms. The summed E-state index contributed by atoms with van der Waals surface area (Å²) in [5.41, 5.74) is 25.7. The van der Waals surface area contributed by atoms with Gasteiger partial charge < -0.3 is 9.31 Å². The molecule has 0 unspecified atom stereocenters. The molecule has 19 rings (SSSR count). The van der Waals surface area contributed by atoms with E-state index in [1.165, 1.54) is 221 Å². The first kappa shape index (κ1) is 55.2. The molecule has 1 saturated heterocycles. The first-order valence-electron chi connectivity index (χ1n) is 32.4. The second-order valence-corrected chi connectivity index (χ2v) is 27.4. The monoisotopic (exact) mass is 1220 g/mol. The van der Waals surface area contributed by atoms with Crippen molar-refractivity contribution in [2.24, 2.45) is 0 Å². The van der Waals surface area contributed by atoms with Crippen molar-refractivity contribution in [3.05, 3.63) is 292 Å². The molecular weight excluding hydrogens is 1160 g/mol. The molecule has 0 atom stereocenters. The Hall–Kier alpha value is -8.90. The van der Waals surface area contributed by atoms with Crippen LogP contribution in [0.25, 0.3) is 120 Å². The summed E-state index contributed by atoms with van der Waals surface area (Å²) in [5, 5.41) is 15.6. The normalized spacial score (nSPS) is 15.3. The van der Waals surface area contributed by atoms with E-state index in [9.17, 15) is 0 Å². The van der Waals surface area contributed by atoms with Crippen molar-refractivity contribution in [1.82, 2.24) is 0 Å². The van der Waals surface area contributed by atoms with Crippen LogP contribution in [-0.2, 0) is 60.7 Å². The van der Waals surface area contributed by atoms with Gasteiger partial charge in [-0.3, -0.25) is 0 Å². The van der Waals surface area contributed by atoms with Crippen LogP contribution in [0, 0.1) is 0 Å². The zero-order valence-corrected chi connectivity index (χ0v) is 53.1. The molecule has 0 bridgehead atoms. The maximum Gasteiger partial charge on any atom is 0.495 e. The van der Waals surface area contributed by atoms with E-state index in [1.54, 1.807) is 0 Å². The number of hydrogen-bond donors (Lipinski definition) is 0. The number of rotatable bonds is 6. The van der Waals surface area contributed by atoms with E-state index in [0.29, 0.717) is 0 Å². The molecule has 434 valence electrons. The van der Waals surface area contributed by atoms with Gasteiger partial charge in [-0.05, 0) is 265 Å². The second-order valence-electron chi connectivity index (χ2n) is 26.6. The van der Waals surface area contributed by atoms with Crippen molar-refractivity contribution in [3.63, 3.8) is 0 Å². The van der Waals surface area contributed by atoms with E-state index in [4.69, 9.17) is 9.31 Å². The fourth-order valence-corrected chi connectivity index (χ4v) is 15.8. The molecule has 0 aromatic heterocycles. The number of halogens is 1. The van der Waals surface area contributed by atoms with Gasteiger partial charge in [-0.1, -0.05) is 243 Å². The summed E-state index contributed by atoms with van der Waals surface area (Å²) in [6.07, 6.45) is 9.70. The highest BCUT2D eigenvalue weighted by molar-refractivity contribution is 9.10. The van der Waals surface area contributed by atoms with Crippen molar-refractivity contribution >= 4 is 93.1 Å². The average molecular weight is 1220 g/mol. The van der Waals surface area contributed by atoms with Crippen LogP contribution < -0.4 is 5.46 Å². The minimum atomic E-state index is -0.342. The molecule has 0 amide bonds. The first-order chi connectivity index (χ1) is 44.0. The summed E-state index contributed by atoms with van der Waals surface area (Å²) in [7, 11) is -0.342. The molecule has 0 N–H and O–H groups in total. The lowest BCUT2D eigenvalue weighted by Crippen LogP contribution is -2.41. The Balaban J connectivity index is 0.000000109. The second kappa shape index (κ2) is 21.7. The Bertz CT molecular complexity index is 5170. The van der Waals surface area contributed by atoms with Gasteiger partial charge in [0.15, 0.2) is 0 Å². The molecule has 90 heavy (non-hydrogen) atoms. The van der Waals surface area contributed by atoms with Gasteiger partial charge >= 0.3 is 7.12 Å². The molecule has 1 fully saturated rings. The topological polar surface area (TPSA) is 18.5 Å². The maximum absolute atomic E-state index is 6.33. The third-order valence-corrected chi connectivity index (χ3v) is 22.0. The van der Waals surface area contributed by atoms with Gasteiger partial charge in [0.05, 0.1) is 11.2 Å². The fraction of sp³-hybridized carbons (Fsp3) is 0.163. The van der Waals surface area contributed by atoms with Crippen LogP contribution in [-0.4, -0.2) is 18.3 Å². The van der Waals surface area contributed by atoms with Crippen molar-refractivity contribution in [2.45, 2.75) is 90.3 Å². The van der Waals surface area contributed by atoms with Gasteiger partial charge in [0.2, 0.25) is 0 Å². The minimum Gasteiger partial charge on any atom is -0.399 e. The van der Waals surface area contributed by atoms with Crippen LogP contribution in [0.2, 0.25) is 0 Å². The first-order valence-corrected chi connectivity index (χ1v) is 33.2. The van der Waals surface area contributed by atoms with E-state index in [2.05, 4.69) is 286 Å². The Kier molecular flexibility index (Phi) is 13.3. The molecule has 14 aromatic carbocycles.